The van der Waals surface area contributed by atoms with Gasteiger partial charge >= 0.3 is 0 Å². The second-order valence-corrected chi connectivity index (χ2v) is 6.57. The molecular formula is C19H22N4O2. The van der Waals surface area contributed by atoms with Crippen molar-refractivity contribution in [3.63, 3.8) is 0 Å². The van der Waals surface area contributed by atoms with Gasteiger partial charge in [-0.1, -0.05) is 6.07 Å². The number of pyridine rings is 1. The third kappa shape index (κ3) is 3.63. The molecule has 2 heterocycles. The van der Waals surface area contributed by atoms with Gasteiger partial charge in [-0.15, -0.1) is 0 Å². The van der Waals surface area contributed by atoms with Crippen LogP contribution in [0.4, 0.5) is 11.4 Å². The summed E-state index contributed by atoms with van der Waals surface area (Å²) in [5, 5.41) is 2.86. The Hall–Kier alpha value is -2.89. The molecule has 0 saturated carbocycles. The van der Waals surface area contributed by atoms with E-state index in [0.717, 1.165) is 11.1 Å². The number of nitrogens with two attached hydrogens (primary N) is 1. The molecule has 3 N–H and O–H groups in total. The zero-order chi connectivity index (χ0) is 18.0. The number of nitrogen functional groups attached to an aromatic ring is 1. The first-order valence-corrected chi connectivity index (χ1v) is 8.36. The first-order chi connectivity index (χ1) is 12.0. The van der Waals surface area contributed by atoms with Crippen molar-refractivity contribution in [2.45, 2.75) is 26.3 Å². The molecule has 1 aromatic heterocycles. The fourth-order valence-corrected chi connectivity index (χ4v) is 3.04. The Bertz CT molecular complexity index is 789. The van der Waals surface area contributed by atoms with Gasteiger partial charge in [-0.2, -0.15) is 0 Å². The van der Waals surface area contributed by atoms with E-state index in [9.17, 15) is 9.59 Å². The molecule has 1 saturated heterocycles. The molecule has 1 fully saturated rings. The van der Waals surface area contributed by atoms with E-state index in [1.165, 1.54) is 0 Å². The van der Waals surface area contributed by atoms with E-state index in [1.54, 1.807) is 23.4 Å². The number of benzene rings is 1. The van der Waals surface area contributed by atoms with Crippen LogP contribution < -0.4 is 11.1 Å². The fraction of sp³-hybridized carbons (Fsp3) is 0.316. The summed E-state index contributed by atoms with van der Waals surface area (Å²) in [6, 6.07) is 9.43. The molecule has 1 unspecified atom stereocenters. The lowest BCUT2D eigenvalue weighted by Gasteiger charge is -2.20. The Balaban J connectivity index is 1.71. The molecule has 3 rings (SSSR count). The Morgan fingerprint density at radius 2 is 1.96 bits per heavy atom. The molecule has 1 aliphatic rings. The smallest absolute Gasteiger partial charge is 0.229 e. The largest absolute Gasteiger partial charge is 0.397 e. The number of nitrogens with one attached hydrogen (secondary N) is 1. The van der Waals surface area contributed by atoms with Crippen LogP contribution >= 0.6 is 0 Å². The minimum Gasteiger partial charge on any atom is -0.397 e. The first kappa shape index (κ1) is 17.0. The van der Waals surface area contributed by atoms with Gasteiger partial charge in [0.05, 0.1) is 17.3 Å². The minimum atomic E-state index is -0.339. The lowest BCUT2D eigenvalue weighted by Crippen LogP contribution is -2.33. The number of amides is 2. The summed E-state index contributed by atoms with van der Waals surface area (Å²) in [6.45, 7) is 4.36. The van der Waals surface area contributed by atoms with Crippen LogP contribution in [0.25, 0.3) is 11.1 Å². The van der Waals surface area contributed by atoms with Crippen molar-refractivity contribution in [1.82, 2.24) is 9.88 Å². The van der Waals surface area contributed by atoms with Gasteiger partial charge < -0.3 is 16.0 Å². The minimum absolute atomic E-state index is 0.0242. The first-order valence-electron chi connectivity index (χ1n) is 8.36. The van der Waals surface area contributed by atoms with Crippen LogP contribution in [0.2, 0.25) is 0 Å². The number of carbonyl (C=O) groups is 2. The Morgan fingerprint density at radius 1 is 1.24 bits per heavy atom. The number of hydrogen-bond donors (Lipinski definition) is 2. The molecule has 130 valence electrons. The second kappa shape index (κ2) is 6.93. The van der Waals surface area contributed by atoms with E-state index < -0.39 is 0 Å². The average molecular weight is 338 g/mol. The molecule has 1 aliphatic heterocycles. The van der Waals surface area contributed by atoms with Crippen LogP contribution in [0, 0.1) is 5.92 Å². The van der Waals surface area contributed by atoms with Gasteiger partial charge in [-0.3, -0.25) is 14.6 Å². The lowest BCUT2D eigenvalue weighted by atomic mass is 10.0. The molecular weight excluding hydrogens is 316 g/mol. The van der Waals surface area contributed by atoms with Gasteiger partial charge in [0.15, 0.2) is 0 Å². The summed E-state index contributed by atoms with van der Waals surface area (Å²) in [6.07, 6.45) is 3.69. The molecule has 2 amide bonds. The van der Waals surface area contributed by atoms with Gasteiger partial charge in [-0.05, 0) is 49.2 Å². The van der Waals surface area contributed by atoms with Crippen LogP contribution in [-0.2, 0) is 9.59 Å². The fourth-order valence-electron chi connectivity index (χ4n) is 3.04. The topological polar surface area (TPSA) is 88.3 Å². The van der Waals surface area contributed by atoms with Gasteiger partial charge in [0.1, 0.15) is 0 Å². The molecule has 0 radical (unpaired) electrons. The van der Waals surface area contributed by atoms with Gasteiger partial charge in [0, 0.05) is 31.4 Å². The molecule has 0 bridgehead atoms. The van der Waals surface area contributed by atoms with Gasteiger partial charge in [-0.25, -0.2) is 0 Å². The number of nitrogens with zero attached hydrogens (tertiary/aromatic N) is 2. The van der Waals surface area contributed by atoms with Crippen LogP contribution in [0.3, 0.4) is 0 Å². The third-order valence-electron chi connectivity index (χ3n) is 4.48. The average Bonchev–Trinajstić information content (AvgIpc) is 2.99. The van der Waals surface area contributed by atoms with Crippen LogP contribution in [0.15, 0.2) is 42.7 Å². The predicted octanol–water partition coefficient (Wildman–Crippen LogP) is 2.53. The Morgan fingerprint density at radius 3 is 2.56 bits per heavy atom. The number of hydrogen-bond acceptors (Lipinski definition) is 4. The van der Waals surface area contributed by atoms with Crippen molar-refractivity contribution < 1.29 is 9.59 Å². The molecule has 0 spiro atoms. The number of carbonyl (C=O) groups excluding carboxylic acids is 2. The predicted molar refractivity (Wildman–Crippen MR) is 97.7 cm³/mol. The maximum absolute atomic E-state index is 12.5. The highest BCUT2D eigenvalue weighted by atomic mass is 16.2. The van der Waals surface area contributed by atoms with Gasteiger partial charge in [0.2, 0.25) is 11.8 Å². The van der Waals surface area contributed by atoms with E-state index in [-0.39, 0.29) is 30.2 Å². The summed E-state index contributed by atoms with van der Waals surface area (Å²) in [5.74, 6) is -0.481. The molecule has 2 aromatic rings. The van der Waals surface area contributed by atoms with E-state index in [0.29, 0.717) is 17.9 Å². The second-order valence-electron chi connectivity index (χ2n) is 6.57. The van der Waals surface area contributed by atoms with Gasteiger partial charge in [0.25, 0.3) is 0 Å². The zero-order valence-corrected chi connectivity index (χ0v) is 14.4. The number of likely N-dealkylation sites (tertiary alicyclic amines) is 1. The zero-order valence-electron chi connectivity index (χ0n) is 14.4. The maximum Gasteiger partial charge on any atom is 0.229 e. The van der Waals surface area contributed by atoms with E-state index in [4.69, 9.17) is 5.73 Å². The third-order valence-corrected chi connectivity index (χ3v) is 4.48. The van der Waals surface area contributed by atoms with Crippen molar-refractivity contribution in [3.05, 3.63) is 42.7 Å². The van der Waals surface area contributed by atoms with Crippen LogP contribution in [-0.4, -0.2) is 34.3 Å². The SMILES string of the molecule is CC(C)N1CC(C(=O)Nc2ccc(-c3ccncc3)cc2N)CC1=O. The summed E-state index contributed by atoms with van der Waals surface area (Å²) in [7, 11) is 0. The van der Waals surface area contributed by atoms with Crippen molar-refractivity contribution in [3.8, 4) is 11.1 Å². The summed E-state index contributed by atoms with van der Waals surface area (Å²) < 4.78 is 0. The summed E-state index contributed by atoms with van der Waals surface area (Å²) in [5.41, 5.74) is 9.13. The van der Waals surface area contributed by atoms with Crippen molar-refractivity contribution in [2.24, 2.45) is 5.92 Å². The molecule has 6 heteroatoms. The van der Waals surface area contributed by atoms with Crippen LogP contribution in [0.5, 0.6) is 0 Å². The monoisotopic (exact) mass is 338 g/mol. The number of aromatic nitrogens is 1. The standard InChI is InChI=1S/C19H22N4O2/c1-12(2)23-11-15(10-18(23)24)19(25)22-17-4-3-14(9-16(17)20)13-5-7-21-8-6-13/h3-9,12,15H,10-11,20H2,1-2H3,(H,22,25). The number of anilines is 2. The van der Waals surface area contributed by atoms with Crippen molar-refractivity contribution in [1.29, 1.82) is 0 Å². The highest BCUT2D eigenvalue weighted by Crippen LogP contribution is 2.28. The highest BCUT2D eigenvalue weighted by Gasteiger charge is 2.35. The molecule has 25 heavy (non-hydrogen) atoms. The molecule has 1 aromatic carbocycles. The summed E-state index contributed by atoms with van der Waals surface area (Å²) >= 11 is 0. The Labute approximate surface area is 147 Å². The normalized spacial score (nSPS) is 17.2. The quantitative estimate of drug-likeness (QED) is 0.839. The molecule has 6 nitrogen and oxygen atoms in total. The van der Waals surface area contributed by atoms with Crippen LogP contribution in [0.1, 0.15) is 20.3 Å². The molecule has 0 aliphatic carbocycles. The summed E-state index contributed by atoms with van der Waals surface area (Å²) in [4.78, 5) is 30.2. The highest BCUT2D eigenvalue weighted by molar-refractivity contribution is 5.99. The van der Waals surface area contributed by atoms with Crippen molar-refractivity contribution in [2.75, 3.05) is 17.6 Å². The maximum atomic E-state index is 12.5. The Kier molecular flexibility index (Phi) is 4.70. The lowest BCUT2D eigenvalue weighted by molar-refractivity contribution is -0.129. The number of rotatable bonds is 4. The van der Waals surface area contributed by atoms with E-state index in [1.807, 2.05) is 38.1 Å². The van der Waals surface area contributed by atoms with E-state index in [2.05, 4.69) is 10.3 Å². The van der Waals surface area contributed by atoms with Crippen molar-refractivity contribution >= 4 is 23.2 Å². The van der Waals surface area contributed by atoms with E-state index >= 15 is 0 Å². The molecule has 1 atom stereocenters.